The van der Waals surface area contributed by atoms with Crippen molar-refractivity contribution in [2.24, 2.45) is 0 Å². The van der Waals surface area contributed by atoms with Gasteiger partial charge in [-0.1, -0.05) is 12.1 Å². The maximum atomic E-state index is 11.9. The predicted molar refractivity (Wildman–Crippen MR) is 89.6 cm³/mol. The van der Waals surface area contributed by atoms with E-state index in [1.807, 2.05) is 0 Å². The molecule has 1 fully saturated rings. The van der Waals surface area contributed by atoms with Crippen LogP contribution in [0.5, 0.6) is 0 Å². The molecule has 24 heavy (non-hydrogen) atoms. The number of ether oxygens (including phenoxy) is 1. The molecule has 1 aliphatic heterocycles. The molecule has 2 rings (SSSR count). The van der Waals surface area contributed by atoms with Crippen LogP contribution in [-0.4, -0.2) is 63.1 Å². The van der Waals surface area contributed by atoms with Crippen LogP contribution in [0.2, 0.25) is 0 Å². The molecule has 2 N–H and O–H groups in total. The zero-order valence-corrected chi connectivity index (χ0v) is 14.4. The van der Waals surface area contributed by atoms with E-state index in [1.54, 1.807) is 24.3 Å². The summed E-state index contributed by atoms with van der Waals surface area (Å²) >= 11 is 0. The van der Waals surface area contributed by atoms with Crippen molar-refractivity contribution in [2.75, 3.05) is 37.8 Å². The fraction of sp³-hybridized carbons (Fsp3) is 0.467. The number of hydrogen-bond acceptors (Lipinski definition) is 5. The molecular weight excluding hydrogens is 334 g/mol. The van der Waals surface area contributed by atoms with Gasteiger partial charge in [0.2, 0.25) is 10.0 Å². The van der Waals surface area contributed by atoms with Crippen LogP contribution in [0, 0.1) is 0 Å². The molecule has 8 nitrogen and oxygen atoms in total. The number of hydrogen-bond donors (Lipinski definition) is 2. The highest BCUT2D eigenvalue weighted by Gasteiger charge is 2.26. The Bertz CT molecular complexity index is 720. The van der Waals surface area contributed by atoms with Gasteiger partial charge in [0.15, 0.2) is 5.78 Å². The molecule has 2 amide bonds. The molecule has 1 atom stereocenters. The minimum absolute atomic E-state index is 0.0875. The summed E-state index contributed by atoms with van der Waals surface area (Å²) in [7, 11) is -3.27. The Balaban J connectivity index is 1.85. The fourth-order valence-electron chi connectivity index (χ4n) is 2.31. The van der Waals surface area contributed by atoms with Gasteiger partial charge < -0.3 is 15.4 Å². The van der Waals surface area contributed by atoms with Crippen LogP contribution in [0.15, 0.2) is 24.3 Å². The minimum Gasteiger partial charge on any atom is -0.374 e. The van der Waals surface area contributed by atoms with E-state index in [2.05, 4.69) is 10.6 Å². The third-order valence-corrected chi connectivity index (χ3v) is 4.86. The Labute approximate surface area is 141 Å². The van der Waals surface area contributed by atoms with Crippen molar-refractivity contribution in [3.63, 3.8) is 0 Å². The molecule has 9 heteroatoms. The van der Waals surface area contributed by atoms with Gasteiger partial charge in [-0.3, -0.25) is 4.79 Å². The third kappa shape index (κ3) is 5.29. The van der Waals surface area contributed by atoms with Crippen molar-refractivity contribution < 1.29 is 22.7 Å². The number of Topliss-reactive ketones (excluding diaryl/α,β-unsaturated/α-hetero) is 1. The number of amides is 2. The lowest BCUT2D eigenvalue weighted by atomic mass is 10.1. The average Bonchev–Trinajstić information content (AvgIpc) is 2.52. The second kappa shape index (κ2) is 7.73. The molecule has 1 heterocycles. The average molecular weight is 355 g/mol. The lowest BCUT2D eigenvalue weighted by Crippen LogP contribution is -2.49. The number of rotatable bonds is 5. The molecule has 1 aliphatic rings. The molecule has 0 radical (unpaired) electrons. The van der Waals surface area contributed by atoms with Crippen LogP contribution < -0.4 is 10.6 Å². The number of benzene rings is 1. The number of carbonyl (C=O) groups excluding carboxylic acids is 2. The maximum Gasteiger partial charge on any atom is 0.319 e. The normalized spacial score (nSPS) is 18.8. The molecule has 0 spiro atoms. The van der Waals surface area contributed by atoms with Gasteiger partial charge in [0.05, 0.1) is 19.0 Å². The van der Waals surface area contributed by atoms with Crippen LogP contribution in [0.4, 0.5) is 10.5 Å². The number of ketones is 1. The van der Waals surface area contributed by atoms with Gasteiger partial charge >= 0.3 is 6.03 Å². The largest absolute Gasteiger partial charge is 0.374 e. The van der Waals surface area contributed by atoms with Gasteiger partial charge in [0.25, 0.3) is 0 Å². The van der Waals surface area contributed by atoms with Crippen molar-refractivity contribution >= 4 is 27.5 Å². The first-order chi connectivity index (χ1) is 11.3. The summed E-state index contributed by atoms with van der Waals surface area (Å²) in [4.78, 5) is 23.2. The van der Waals surface area contributed by atoms with Crippen LogP contribution in [0.1, 0.15) is 17.3 Å². The molecule has 0 aliphatic carbocycles. The van der Waals surface area contributed by atoms with Crippen LogP contribution in [0.25, 0.3) is 0 Å². The Morgan fingerprint density at radius 1 is 1.38 bits per heavy atom. The smallest absolute Gasteiger partial charge is 0.319 e. The van der Waals surface area contributed by atoms with Crippen molar-refractivity contribution in [2.45, 2.75) is 13.0 Å². The van der Waals surface area contributed by atoms with Crippen molar-refractivity contribution in [1.82, 2.24) is 9.62 Å². The minimum atomic E-state index is -3.27. The monoisotopic (exact) mass is 355 g/mol. The van der Waals surface area contributed by atoms with E-state index >= 15 is 0 Å². The molecule has 1 aromatic rings. The molecule has 132 valence electrons. The van der Waals surface area contributed by atoms with Crippen LogP contribution in [-0.2, 0) is 14.8 Å². The lowest BCUT2D eigenvalue weighted by Gasteiger charge is -2.31. The zero-order valence-electron chi connectivity index (χ0n) is 13.6. The number of carbonyl (C=O) groups is 2. The Hall–Kier alpha value is -1.97. The second-order valence-corrected chi connectivity index (χ2v) is 7.57. The number of morpholine rings is 1. The van der Waals surface area contributed by atoms with E-state index in [0.717, 1.165) is 6.26 Å². The van der Waals surface area contributed by atoms with E-state index in [-0.39, 0.29) is 18.9 Å². The van der Waals surface area contributed by atoms with Gasteiger partial charge in [-0.2, -0.15) is 4.31 Å². The van der Waals surface area contributed by atoms with E-state index in [9.17, 15) is 18.0 Å². The Kier molecular flexibility index (Phi) is 5.92. The summed E-state index contributed by atoms with van der Waals surface area (Å²) < 4.78 is 29.9. The van der Waals surface area contributed by atoms with E-state index in [1.165, 1.54) is 11.2 Å². The molecule has 1 aromatic carbocycles. The predicted octanol–water partition coefficient (Wildman–Crippen LogP) is 0.671. The van der Waals surface area contributed by atoms with Gasteiger partial charge in [0, 0.05) is 30.9 Å². The Morgan fingerprint density at radius 2 is 2.12 bits per heavy atom. The van der Waals surface area contributed by atoms with Gasteiger partial charge in [0.1, 0.15) is 0 Å². The fourth-order valence-corrected chi connectivity index (χ4v) is 3.16. The molecule has 1 saturated heterocycles. The van der Waals surface area contributed by atoms with Crippen molar-refractivity contribution in [3.05, 3.63) is 29.8 Å². The summed E-state index contributed by atoms with van der Waals surface area (Å²) in [6.45, 7) is 2.46. The maximum absolute atomic E-state index is 11.9. The first-order valence-corrected chi connectivity index (χ1v) is 9.33. The highest BCUT2D eigenvalue weighted by Crippen LogP contribution is 2.11. The number of nitrogens with zero attached hydrogens (tertiary/aromatic N) is 1. The molecule has 0 aromatic heterocycles. The van der Waals surface area contributed by atoms with E-state index in [4.69, 9.17) is 4.74 Å². The SMILES string of the molecule is CC(=O)c1cccc(NC(=O)NCC2CN(S(C)(=O)=O)CCO2)c1. The summed E-state index contributed by atoms with van der Waals surface area (Å²) in [6.07, 6.45) is 0.750. The highest BCUT2D eigenvalue weighted by molar-refractivity contribution is 7.88. The highest BCUT2D eigenvalue weighted by atomic mass is 32.2. The second-order valence-electron chi connectivity index (χ2n) is 5.59. The third-order valence-electron chi connectivity index (χ3n) is 3.59. The zero-order chi connectivity index (χ0) is 17.7. The first-order valence-electron chi connectivity index (χ1n) is 7.48. The summed E-state index contributed by atoms with van der Waals surface area (Å²) in [5, 5.41) is 5.27. The standard InChI is InChI=1S/C15H21N3O5S/c1-11(19)12-4-3-5-13(8-12)17-15(20)16-9-14-10-18(6-7-23-14)24(2,21)22/h3-5,8,14H,6-7,9-10H2,1-2H3,(H2,16,17,20). The molecular formula is C15H21N3O5S. The molecule has 1 unspecified atom stereocenters. The number of urea groups is 1. The van der Waals surface area contributed by atoms with Gasteiger partial charge in [-0.15, -0.1) is 0 Å². The number of anilines is 1. The first kappa shape index (κ1) is 18.4. The van der Waals surface area contributed by atoms with E-state index in [0.29, 0.717) is 24.4 Å². The Morgan fingerprint density at radius 3 is 2.79 bits per heavy atom. The molecule has 0 bridgehead atoms. The number of sulfonamides is 1. The van der Waals surface area contributed by atoms with Crippen molar-refractivity contribution in [3.8, 4) is 0 Å². The van der Waals surface area contributed by atoms with Crippen LogP contribution >= 0.6 is 0 Å². The van der Waals surface area contributed by atoms with E-state index < -0.39 is 22.2 Å². The lowest BCUT2D eigenvalue weighted by molar-refractivity contribution is 0.00167. The van der Waals surface area contributed by atoms with Crippen LogP contribution in [0.3, 0.4) is 0 Å². The van der Waals surface area contributed by atoms with Gasteiger partial charge in [-0.25, -0.2) is 13.2 Å². The topological polar surface area (TPSA) is 105 Å². The summed E-state index contributed by atoms with van der Waals surface area (Å²) in [5.74, 6) is -0.0875. The molecule has 0 saturated carbocycles. The summed E-state index contributed by atoms with van der Waals surface area (Å²) in [5.41, 5.74) is 1.01. The van der Waals surface area contributed by atoms with Gasteiger partial charge in [-0.05, 0) is 19.1 Å². The summed E-state index contributed by atoms with van der Waals surface area (Å²) in [6, 6.07) is 6.16. The number of nitrogens with one attached hydrogen (secondary N) is 2. The van der Waals surface area contributed by atoms with Crippen molar-refractivity contribution in [1.29, 1.82) is 0 Å². The quantitative estimate of drug-likeness (QED) is 0.756.